The fraction of sp³-hybridized carbons (Fsp3) is 0.619. The van der Waals surface area contributed by atoms with Gasteiger partial charge in [-0.3, -0.25) is 9.59 Å². The van der Waals surface area contributed by atoms with E-state index in [4.69, 9.17) is 0 Å². The maximum absolute atomic E-state index is 13.2. The van der Waals surface area contributed by atoms with Gasteiger partial charge in [-0.15, -0.1) is 0 Å². The second-order valence-corrected chi connectivity index (χ2v) is 10.2. The fourth-order valence-corrected chi connectivity index (χ4v) is 5.15. The summed E-state index contributed by atoms with van der Waals surface area (Å²) in [6.45, 7) is 4.24. The number of amides is 2. The first kappa shape index (κ1) is 22.7. The molecule has 1 saturated heterocycles. The Bertz CT molecular complexity index is 871. The van der Waals surface area contributed by atoms with E-state index >= 15 is 0 Å². The van der Waals surface area contributed by atoms with Crippen LogP contribution in [0.5, 0.6) is 0 Å². The molecule has 2 amide bonds. The van der Waals surface area contributed by atoms with Crippen LogP contribution < -0.4 is 10.6 Å². The minimum absolute atomic E-state index is 0.00579. The van der Waals surface area contributed by atoms with Gasteiger partial charge in [-0.1, -0.05) is 20.3 Å². The van der Waals surface area contributed by atoms with Crippen LogP contribution in [0.4, 0.5) is 4.39 Å². The number of rotatable bonds is 8. The smallest absolute Gasteiger partial charge is 0.243 e. The third-order valence-corrected chi connectivity index (χ3v) is 7.80. The van der Waals surface area contributed by atoms with Crippen molar-refractivity contribution in [1.82, 2.24) is 14.9 Å². The molecule has 9 heteroatoms. The van der Waals surface area contributed by atoms with Crippen LogP contribution >= 0.6 is 0 Å². The zero-order chi connectivity index (χ0) is 21.9. The van der Waals surface area contributed by atoms with Crippen molar-refractivity contribution in [3.63, 3.8) is 0 Å². The molecule has 3 atom stereocenters. The molecule has 1 aliphatic heterocycles. The zero-order valence-corrected chi connectivity index (χ0v) is 18.3. The predicted octanol–water partition coefficient (Wildman–Crippen LogP) is 2.04. The SMILES string of the molecule is CC[C@@H](C)[C@H](NC(=O)[C@H]1CCCN(S(=O)(=O)c2ccc(F)cc2)C1)C(=O)NC1CC1. The Kier molecular flexibility index (Phi) is 7.13. The summed E-state index contributed by atoms with van der Waals surface area (Å²) in [7, 11) is -3.81. The molecular formula is C21H30FN3O4S. The van der Waals surface area contributed by atoms with Gasteiger partial charge in [-0.25, -0.2) is 12.8 Å². The summed E-state index contributed by atoms with van der Waals surface area (Å²) >= 11 is 0. The molecule has 166 valence electrons. The van der Waals surface area contributed by atoms with E-state index in [0.29, 0.717) is 19.4 Å². The summed E-state index contributed by atoms with van der Waals surface area (Å²) in [5, 5.41) is 5.81. The third kappa shape index (κ3) is 5.37. The van der Waals surface area contributed by atoms with E-state index in [-0.39, 0.29) is 35.2 Å². The van der Waals surface area contributed by atoms with Gasteiger partial charge in [-0.2, -0.15) is 4.31 Å². The molecule has 0 aromatic heterocycles. The Morgan fingerprint density at radius 3 is 2.47 bits per heavy atom. The third-order valence-electron chi connectivity index (χ3n) is 5.92. The second-order valence-electron chi connectivity index (χ2n) is 8.31. The van der Waals surface area contributed by atoms with Gasteiger partial charge in [0.1, 0.15) is 11.9 Å². The largest absolute Gasteiger partial charge is 0.352 e. The molecule has 7 nitrogen and oxygen atoms in total. The molecule has 30 heavy (non-hydrogen) atoms. The summed E-state index contributed by atoms with van der Waals surface area (Å²) in [5.74, 6) is -1.55. The van der Waals surface area contributed by atoms with Crippen molar-refractivity contribution in [2.24, 2.45) is 11.8 Å². The van der Waals surface area contributed by atoms with E-state index in [1.807, 2.05) is 13.8 Å². The second kappa shape index (κ2) is 9.43. The van der Waals surface area contributed by atoms with Crippen LogP contribution in [0.3, 0.4) is 0 Å². The van der Waals surface area contributed by atoms with Crippen LogP contribution in [0.15, 0.2) is 29.2 Å². The molecule has 1 aliphatic carbocycles. The van der Waals surface area contributed by atoms with Crippen LogP contribution in [-0.4, -0.2) is 49.7 Å². The van der Waals surface area contributed by atoms with Crippen molar-refractivity contribution in [3.05, 3.63) is 30.1 Å². The molecule has 1 aromatic carbocycles. The number of carbonyl (C=O) groups excluding carboxylic acids is 2. The van der Waals surface area contributed by atoms with E-state index in [1.54, 1.807) is 0 Å². The summed E-state index contributed by atoms with van der Waals surface area (Å²) in [6, 6.07) is 4.25. The van der Waals surface area contributed by atoms with Gasteiger partial charge < -0.3 is 10.6 Å². The van der Waals surface area contributed by atoms with Crippen LogP contribution in [0.2, 0.25) is 0 Å². The molecule has 2 N–H and O–H groups in total. The summed E-state index contributed by atoms with van der Waals surface area (Å²) in [5.41, 5.74) is 0. The number of hydrogen-bond acceptors (Lipinski definition) is 4. The van der Waals surface area contributed by atoms with E-state index in [2.05, 4.69) is 10.6 Å². The van der Waals surface area contributed by atoms with Gasteiger partial charge in [0.05, 0.1) is 10.8 Å². The molecule has 0 spiro atoms. The van der Waals surface area contributed by atoms with E-state index in [9.17, 15) is 22.4 Å². The van der Waals surface area contributed by atoms with Gasteiger partial charge >= 0.3 is 0 Å². The molecule has 0 bridgehead atoms. The molecule has 2 fully saturated rings. The van der Waals surface area contributed by atoms with E-state index in [1.165, 1.54) is 16.4 Å². The zero-order valence-electron chi connectivity index (χ0n) is 17.4. The van der Waals surface area contributed by atoms with Gasteiger partial charge in [0.25, 0.3) is 0 Å². The van der Waals surface area contributed by atoms with Crippen LogP contribution in [0.25, 0.3) is 0 Å². The molecule has 1 aromatic rings. The number of benzene rings is 1. The van der Waals surface area contributed by atoms with Crippen molar-refractivity contribution in [1.29, 1.82) is 0 Å². The first-order valence-corrected chi connectivity index (χ1v) is 12.0. The number of nitrogens with zero attached hydrogens (tertiary/aromatic N) is 1. The van der Waals surface area contributed by atoms with Crippen molar-refractivity contribution in [2.45, 2.75) is 62.9 Å². The van der Waals surface area contributed by atoms with Crippen LogP contribution in [-0.2, 0) is 19.6 Å². The summed E-state index contributed by atoms with van der Waals surface area (Å²) in [6.07, 6.45) is 3.76. The Balaban J connectivity index is 1.67. The first-order chi connectivity index (χ1) is 14.2. The number of halogens is 1. The van der Waals surface area contributed by atoms with Gasteiger partial charge in [0.15, 0.2) is 0 Å². The molecule has 0 unspecified atom stereocenters. The molecule has 3 rings (SSSR count). The number of carbonyl (C=O) groups is 2. The fourth-order valence-electron chi connectivity index (χ4n) is 3.62. The highest BCUT2D eigenvalue weighted by molar-refractivity contribution is 7.89. The maximum atomic E-state index is 13.2. The highest BCUT2D eigenvalue weighted by Crippen LogP contribution is 2.25. The van der Waals surface area contributed by atoms with Gasteiger partial charge in [0.2, 0.25) is 21.8 Å². The van der Waals surface area contributed by atoms with Crippen molar-refractivity contribution in [3.8, 4) is 0 Å². The average molecular weight is 440 g/mol. The van der Waals surface area contributed by atoms with E-state index < -0.39 is 27.8 Å². The highest BCUT2D eigenvalue weighted by Gasteiger charge is 2.36. The van der Waals surface area contributed by atoms with Crippen molar-refractivity contribution in [2.75, 3.05) is 13.1 Å². The molecule has 2 aliphatic rings. The summed E-state index contributed by atoms with van der Waals surface area (Å²) < 4.78 is 40.2. The quantitative estimate of drug-likeness (QED) is 0.648. The lowest BCUT2D eigenvalue weighted by Crippen LogP contribution is -2.54. The van der Waals surface area contributed by atoms with Crippen LogP contribution in [0.1, 0.15) is 46.0 Å². The predicted molar refractivity (Wildman–Crippen MR) is 110 cm³/mol. The van der Waals surface area contributed by atoms with Gasteiger partial charge in [-0.05, 0) is 55.9 Å². The highest BCUT2D eigenvalue weighted by atomic mass is 32.2. The van der Waals surface area contributed by atoms with E-state index in [0.717, 1.165) is 31.4 Å². The lowest BCUT2D eigenvalue weighted by Gasteiger charge is -2.32. The monoisotopic (exact) mass is 439 g/mol. The Morgan fingerprint density at radius 2 is 1.87 bits per heavy atom. The average Bonchev–Trinajstić information content (AvgIpc) is 3.55. The summed E-state index contributed by atoms with van der Waals surface area (Å²) in [4.78, 5) is 25.5. The Morgan fingerprint density at radius 1 is 1.20 bits per heavy atom. The number of hydrogen-bond donors (Lipinski definition) is 2. The molecule has 0 radical (unpaired) electrons. The molecule has 1 heterocycles. The normalized spacial score (nSPS) is 22.2. The molecular weight excluding hydrogens is 409 g/mol. The molecule has 1 saturated carbocycles. The lowest BCUT2D eigenvalue weighted by atomic mass is 9.95. The standard InChI is InChI=1S/C21H30FN3O4S/c1-3-14(2)19(21(27)23-17-8-9-17)24-20(26)15-5-4-12-25(13-15)30(28,29)18-10-6-16(22)7-11-18/h6-7,10-11,14-15,17,19H,3-5,8-9,12-13H2,1-2H3,(H,23,27)(H,24,26)/t14-,15+,19+/m1/s1. The van der Waals surface area contributed by atoms with Crippen molar-refractivity contribution < 1.29 is 22.4 Å². The topological polar surface area (TPSA) is 95.6 Å². The minimum Gasteiger partial charge on any atom is -0.352 e. The number of sulfonamides is 1. The number of nitrogens with one attached hydrogen (secondary N) is 2. The van der Waals surface area contributed by atoms with Gasteiger partial charge in [0, 0.05) is 19.1 Å². The maximum Gasteiger partial charge on any atom is 0.243 e. The minimum atomic E-state index is -3.81. The number of piperidine rings is 1. The Hall–Kier alpha value is -2.00. The van der Waals surface area contributed by atoms with Crippen molar-refractivity contribution >= 4 is 21.8 Å². The van der Waals surface area contributed by atoms with Crippen LogP contribution in [0, 0.1) is 17.7 Å². The first-order valence-electron chi connectivity index (χ1n) is 10.6. The Labute approximate surface area is 177 Å². The lowest BCUT2D eigenvalue weighted by molar-refractivity contribution is -0.133.